The lowest BCUT2D eigenvalue weighted by molar-refractivity contribution is 0.0937. The summed E-state index contributed by atoms with van der Waals surface area (Å²) < 4.78 is 21.5. The van der Waals surface area contributed by atoms with Crippen LogP contribution in [0.25, 0.3) is 0 Å². The normalized spacial score (nSPS) is 16.5. The van der Waals surface area contributed by atoms with Gasteiger partial charge in [-0.2, -0.15) is 0 Å². The summed E-state index contributed by atoms with van der Waals surface area (Å²) in [5.74, 6) is 2.53. The first-order valence-corrected chi connectivity index (χ1v) is 9.83. The van der Waals surface area contributed by atoms with Crippen LogP contribution >= 0.6 is 0 Å². The number of benzene rings is 2. The molecule has 1 amide bonds. The molecule has 1 unspecified atom stereocenters. The number of amides is 1. The third kappa shape index (κ3) is 4.24. The highest BCUT2D eigenvalue weighted by molar-refractivity contribution is 5.95. The Morgan fingerprint density at radius 3 is 2.41 bits per heavy atom. The summed E-state index contributed by atoms with van der Waals surface area (Å²) in [5.41, 5.74) is 1.62. The van der Waals surface area contributed by atoms with E-state index < -0.39 is 0 Å². The molecule has 0 aliphatic carbocycles. The van der Waals surface area contributed by atoms with Crippen molar-refractivity contribution >= 4 is 5.91 Å². The predicted octanol–water partition coefficient (Wildman–Crippen LogP) is 3.00. The van der Waals surface area contributed by atoms with Gasteiger partial charge in [0.05, 0.1) is 20.3 Å². The number of carbonyl (C=O) groups is 1. The number of hydrogen-bond acceptors (Lipinski definition) is 6. The van der Waals surface area contributed by atoms with Gasteiger partial charge in [-0.25, -0.2) is 0 Å². The molecular weight excluding hydrogens is 372 g/mol. The van der Waals surface area contributed by atoms with E-state index in [1.165, 1.54) is 12.8 Å². The molecule has 1 fully saturated rings. The third-order valence-electron chi connectivity index (χ3n) is 5.43. The molecule has 7 heteroatoms. The second-order valence-corrected chi connectivity index (χ2v) is 7.18. The molecule has 7 nitrogen and oxygen atoms in total. The fraction of sp³-hybridized carbons (Fsp3) is 0.409. The maximum absolute atomic E-state index is 12.8. The first-order chi connectivity index (χ1) is 14.2. The molecule has 4 rings (SSSR count). The van der Waals surface area contributed by atoms with Crippen molar-refractivity contribution in [1.82, 2.24) is 10.2 Å². The van der Waals surface area contributed by atoms with Gasteiger partial charge in [-0.05, 0) is 55.8 Å². The molecule has 0 spiro atoms. The van der Waals surface area contributed by atoms with Crippen LogP contribution in [-0.2, 0) is 0 Å². The molecule has 2 heterocycles. The summed E-state index contributed by atoms with van der Waals surface area (Å²) in [5, 5.41) is 3.08. The van der Waals surface area contributed by atoms with Crippen LogP contribution in [0.3, 0.4) is 0 Å². The number of rotatable bonds is 7. The van der Waals surface area contributed by atoms with Gasteiger partial charge in [0.2, 0.25) is 6.79 Å². The van der Waals surface area contributed by atoms with Crippen LogP contribution < -0.4 is 24.3 Å². The van der Waals surface area contributed by atoms with Crippen LogP contribution in [0.4, 0.5) is 0 Å². The standard InChI is InChI=1S/C22H26N2O5/c1-26-17-9-16(10-18(12-17)27-2)22(25)23-13-19(24-7-3-4-8-24)15-5-6-20-21(11-15)29-14-28-20/h5-6,9-12,19H,3-4,7-8,13-14H2,1-2H3,(H,23,25). The topological polar surface area (TPSA) is 69.3 Å². The molecule has 0 aromatic heterocycles. The Morgan fingerprint density at radius 1 is 1.03 bits per heavy atom. The van der Waals surface area contributed by atoms with Crippen LogP contribution in [-0.4, -0.2) is 51.5 Å². The number of methoxy groups -OCH3 is 2. The number of nitrogens with zero attached hydrogens (tertiary/aromatic N) is 1. The average Bonchev–Trinajstić information content (AvgIpc) is 3.45. The van der Waals surface area contributed by atoms with Crippen molar-refractivity contribution in [3.63, 3.8) is 0 Å². The lowest BCUT2D eigenvalue weighted by atomic mass is 10.0. The first kappa shape index (κ1) is 19.4. The van der Waals surface area contributed by atoms with E-state index in [1.807, 2.05) is 12.1 Å². The SMILES string of the molecule is COc1cc(OC)cc(C(=O)NCC(c2ccc3c(c2)OCO3)N2CCCC2)c1. The van der Waals surface area contributed by atoms with Crippen molar-refractivity contribution in [3.05, 3.63) is 47.5 Å². The molecule has 1 atom stereocenters. The number of carbonyl (C=O) groups excluding carboxylic acids is 1. The number of nitrogens with one attached hydrogen (secondary N) is 1. The summed E-state index contributed by atoms with van der Waals surface area (Å²) in [6.07, 6.45) is 2.34. The summed E-state index contributed by atoms with van der Waals surface area (Å²) in [7, 11) is 3.14. The second kappa shape index (κ2) is 8.61. The molecule has 0 bridgehead atoms. The largest absolute Gasteiger partial charge is 0.497 e. The van der Waals surface area contributed by atoms with Crippen molar-refractivity contribution in [1.29, 1.82) is 0 Å². The molecule has 2 aliphatic heterocycles. The summed E-state index contributed by atoms with van der Waals surface area (Å²) in [6.45, 7) is 2.78. The quantitative estimate of drug-likeness (QED) is 0.773. The van der Waals surface area contributed by atoms with Gasteiger partial charge in [-0.15, -0.1) is 0 Å². The summed E-state index contributed by atoms with van der Waals surface area (Å²) in [4.78, 5) is 15.2. The van der Waals surface area contributed by atoms with Crippen molar-refractivity contribution < 1.29 is 23.7 Å². The minimum Gasteiger partial charge on any atom is -0.497 e. The van der Waals surface area contributed by atoms with E-state index in [1.54, 1.807) is 32.4 Å². The van der Waals surface area contributed by atoms with Crippen molar-refractivity contribution in [3.8, 4) is 23.0 Å². The number of fused-ring (bicyclic) bond motifs is 1. The van der Waals surface area contributed by atoms with E-state index in [0.717, 1.165) is 30.2 Å². The third-order valence-corrected chi connectivity index (χ3v) is 5.43. The minimum absolute atomic E-state index is 0.0726. The number of ether oxygens (including phenoxy) is 4. The van der Waals surface area contributed by atoms with Gasteiger partial charge >= 0.3 is 0 Å². The zero-order valence-corrected chi connectivity index (χ0v) is 16.8. The Balaban J connectivity index is 1.52. The van der Waals surface area contributed by atoms with Crippen LogP contribution in [0.5, 0.6) is 23.0 Å². The Hall–Kier alpha value is -2.93. The van der Waals surface area contributed by atoms with E-state index in [-0.39, 0.29) is 18.7 Å². The van der Waals surface area contributed by atoms with E-state index in [0.29, 0.717) is 23.6 Å². The van der Waals surface area contributed by atoms with Crippen molar-refractivity contribution in [2.45, 2.75) is 18.9 Å². The Kier molecular flexibility index (Phi) is 5.76. The van der Waals surface area contributed by atoms with Crippen LogP contribution in [0.2, 0.25) is 0 Å². The molecule has 29 heavy (non-hydrogen) atoms. The predicted molar refractivity (Wildman–Crippen MR) is 108 cm³/mol. The smallest absolute Gasteiger partial charge is 0.251 e. The van der Waals surface area contributed by atoms with Gasteiger partial charge < -0.3 is 24.3 Å². The maximum Gasteiger partial charge on any atom is 0.251 e. The molecule has 2 aromatic carbocycles. The molecule has 154 valence electrons. The first-order valence-electron chi connectivity index (χ1n) is 9.83. The zero-order chi connectivity index (χ0) is 20.2. The number of hydrogen-bond donors (Lipinski definition) is 1. The highest BCUT2D eigenvalue weighted by atomic mass is 16.7. The summed E-state index contributed by atoms with van der Waals surface area (Å²) in [6, 6.07) is 11.3. The fourth-order valence-corrected chi connectivity index (χ4v) is 3.86. The highest BCUT2D eigenvalue weighted by Gasteiger charge is 2.26. The van der Waals surface area contributed by atoms with Crippen LogP contribution in [0.1, 0.15) is 34.8 Å². The molecule has 0 radical (unpaired) electrons. The van der Waals surface area contributed by atoms with Gasteiger partial charge in [0.1, 0.15) is 11.5 Å². The lowest BCUT2D eigenvalue weighted by Crippen LogP contribution is -2.36. The average molecular weight is 398 g/mol. The van der Waals surface area contributed by atoms with Gasteiger partial charge in [0, 0.05) is 18.2 Å². The number of likely N-dealkylation sites (tertiary alicyclic amines) is 1. The lowest BCUT2D eigenvalue weighted by Gasteiger charge is -2.28. The van der Waals surface area contributed by atoms with Crippen molar-refractivity contribution in [2.24, 2.45) is 0 Å². The van der Waals surface area contributed by atoms with Gasteiger partial charge in [-0.1, -0.05) is 6.07 Å². The molecule has 2 aromatic rings. The second-order valence-electron chi connectivity index (χ2n) is 7.18. The molecule has 2 aliphatic rings. The Labute approximate surface area is 170 Å². The minimum atomic E-state index is -0.160. The molecule has 1 N–H and O–H groups in total. The van der Waals surface area contributed by atoms with E-state index in [4.69, 9.17) is 18.9 Å². The van der Waals surface area contributed by atoms with E-state index in [2.05, 4.69) is 16.3 Å². The van der Waals surface area contributed by atoms with E-state index >= 15 is 0 Å². The molecule has 1 saturated heterocycles. The Morgan fingerprint density at radius 2 is 1.72 bits per heavy atom. The van der Waals surface area contributed by atoms with Crippen LogP contribution in [0, 0.1) is 0 Å². The fourth-order valence-electron chi connectivity index (χ4n) is 3.86. The van der Waals surface area contributed by atoms with Gasteiger partial charge in [0.25, 0.3) is 5.91 Å². The van der Waals surface area contributed by atoms with E-state index in [9.17, 15) is 4.79 Å². The molecule has 0 saturated carbocycles. The van der Waals surface area contributed by atoms with Gasteiger partial charge in [0.15, 0.2) is 11.5 Å². The molecular formula is C22H26N2O5. The Bertz CT molecular complexity index is 857. The van der Waals surface area contributed by atoms with Crippen LogP contribution in [0.15, 0.2) is 36.4 Å². The monoisotopic (exact) mass is 398 g/mol. The van der Waals surface area contributed by atoms with Gasteiger partial charge in [-0.3, -0.25) is 9.69 Å². The summed E-state index contributed by atoms with van der Waals surface area (Å²) >= 11 is 0. The zero-order valence-electron chi connectivity index (χ0n) is 16.8. The highest BCUT2D eigenvalue weighted by Crippen LogP contribution is 2.36. The van der Waals surface area contributed by atoms with Crippen molar-refractivity contribution in [2.75, 3.05) is 40.6 Å². The maximum atomic E-state index is 12.8.